The van der Waals surface area contributed by atoms with Gasteiger partial charge in [0.2, 0.25) is 0 Å². The maximum Gasteiger partial charge on any atom is 0.329 e. The number of carbonyl (C=O) groups excluding carboxylic acids is 6. The number of rotatable bonds is 11. The van der Waals surface area contributed by atoms with E-state index in [1.807, 2.05) is 0 Å². The first-order valence-corrected chi connectivity index (χ1v) is 12.3. The zero-order valence-corrected chi connectivity index (χ0v) is 23.4. The van der Waals surface area contributed by atoms with Crippen molar-refractivity contribution < 1.29 is 62.7 Å². The number of aliphatic hydroxyl groups is 1. The van der Waals surface area contributed by atoms with Crippen LogP contribution in [0.4, 0.5) is 0 Å². The second-order valence-electron chi connectivity index (χ2n) is 8.54. The van der Waals surface area contributed by atoms with E-state index >= 15 is 0 Å². The number of amides is 2. The van der Waals surface area contributed by atoms with Crippen LogP contribution < -0.4 is 18.9 Å². The molecule has 14 nitrogen and oxygen atoms in total. The molecule has 0 aliphatic rings. The van der Waals surface area contributed by atoms with Gasteiger partial charge in [-0.25, -0.2) is 4.79 Å². The standard InChI is InChI=1S/C29H27NO13/c1-16(32)40-23-9-5-20(13-25(23)42-18(3)34)7-11-27(36)30(22(15-31)29(38)39)28(37)12-8-21-6-10-24(41-17(2)33)26(14-21)43-19(4)35/h5-14,22,31H,15H2,1-4H3,(H,38,39)/b11-7+,12-8+. The van der Waals surface area contributed by atoms with Crippen LogP contribution in [-0.4, -0.2) is 69.4 Å². The van der Waals surface area contributed by atoms with Crippen LogP contribution in [0.15, 0.2) is 48.6 Å². The number of aliphatic carboxylic acids is 1. The Hall–Kier alpha value is -5.63. The molecule has 0 aliphatic carbocycles. The van der Waals surface area contributed by atoms with Crippen molar-refractivity contribution in [2.45, 2.75) is 33.7 Å². The highest BCUT2D eigenvalue weighted by Crippen LogP contribution is 2.30. The van der Waals surface area contributed by atoms with Gasteiger partial charge in [-0.05, 0) is 47.5 Å². The Morgan fingerprint density at radius 1 is 0.651 bits per heavy atom. The number of benzene rings is 2. The highest BCUT2D eigenvalue weighted by Gasteiger charge is 2.32. The van der Waals surface area contributed by atoms with Gasteiger partial charge in [0, 0.05) is 39.8 Å². The van der Waals surface area contributed by atoms with Gasteiger partial charge < -0.3 is 29.2 Å². The van der Waals surface area contributed by atoms with Crippen LogP contribution in [0, 0.1) is 0 Å². The number of hydrogen-bond acceptors (Lipinski definition) is 12. The van der Waals surface area contributed by atoms with Gasteiger partial charge in [0.15, 0.2) is 29.0 Å². The Morgan fingerprint density at radius 3 is 1.30 bits per heavy atom. The first-order valence-electron chi connectivity index (χ1n) is 12.3. The predicted octanol–water partition coefficient (Wildman–Crippen LogP) is 1.92. The summed E-state index contributed by atoms with van der Waals surface area (Å²) in [6.45, 7) is 3.41. The fourth-order valence-electron chi connectivity index (χ4n) is 3.39. The number of esters is 4. The first-order chi connectivity index (χ1) is 20.2. The molecule has 2 rings (SSSR count). The van der Waals surface area contributed by atoms with Crippen LogP contribution in [0.5, 0.6) is 23.0 Å². The summed E-state index contributed by atoms with van der Waals surface area (Å²) in [5.41, 5.74) is 0.482. The number of nitrogens with zero attached hydrogens (tertiary/aromatic N) is 1. The summed E-state index contributed by atoms with van der Waals surface area (Å²) < 4.78 is 20.0. The third-order valence-electron chi connectivity index (χ3n) is 5.03. The van der Waals surface area contributed by atoms with Crippen LogP contribution in [0.2, 0.25) is 0 Å². The molecule has 0 saturated heterocycles. The van der Waals surface area contributed by atoms with Gasteiger partial charge in [-0.15, -0.1) is 0 Å². The van der Waals surface area contributed by atoms with Gasteiger partial charge in [-0.3, -0.25) is 33.7 Å². The molecule has 14 heteroatoms. The van der Waals surface area contributed by atoms with E-state index < -0.39 is 54.3 Å². The Kier molecular flexibility index (Phi) is 12.0. The molecule has 2 amide bonds. The van der Waals surface area contributed by atoms with E-state index in [2.05, 4.69) is 0 Å². The van der Waals surface area contributed by atoms with Crippen molar-refractivity contribution in [3.63, 3.8) is 0 Å². The predicted molar refractivity (Wildman–Crippen MR) is 147 cm³/mol. The number of carbonyl (C=O) groups is 7. The molecule has 0 bridgehead atoms. The minimum absolute atomic E-state index is 0.0721. The minimum atomic E-state index is -1.96. The van der Waals surface area contributed by atoms with E-state index in [-0.39, 0.29) is 34.1 Å². The van der Waals surface area contributed by atoms with Crippen molar-refractivity contribution in [2.75, 3.05) is 6.61 Å². The number of ether oxygens (including phenoxy) is 4. The SMILES string of the molecule is CC(=O)Oc1ccc(/C=C/C(=O)N(C(=O)/C=C/c2ccc(OC(C)=O)c(OC(C)=O)c2)C(CO)C(=O)O)cc1OC(C)=O. The van der Waals surface area contributed by atoms with Crippen LogP contribution >= 0.6 is 0 Å². The molecule has 1 atom stereocenters. The van der Waals surface area contributed by atoms with Gasteiger partial charge in [-0.2, -0.15) is 0 Å². The molecule has 0 aliphatic heterocycles. The van der Waals surface area contributed by atoms with Crippen molar-refractivity contribution in [1.82, 2.24) is 4.90 Å². The highest BCUT2D eigenvalue weighted by molar-refractivity contribution is 6.10. The largest absolute Gasteiger partial charge is 0.480 e. The van der Waals surface area contributed by atoms with E-state index in [1.165, 1.54) is 48.6 Å². The average molecular weight is 598 g/mol. The zero-order chi connectivity index (χ0) is 32.3. The van der Waals surface area contributed by atoms with E-state index in [4.69, 9.17) is 18.9 Å². The number of hydrogen-bond donors (Lipinski definition) is 2. The Morgan fingerprint density at radius 2 is 1.00 bits per heavy atom. The monoisotopic (exact) mass is 597 g/mol. The number of carboxylic acids is 1. The van der Waals surface area contributed by atoms with Crippen molar-refractivity contribution >= 4 is 53.8 Å². The van der Waals surface area contributed by atoms with Crippen molar-refractivity contribution in [2.24, 2.45) is 0 Å². The third kappa shape index (κ3) is 10.4. The molecule has 43 heavy (non-hydrogen) atoms. The fourth-order valence-corrected chi connectivity index (χ4v) is 3.39. The maximum absolute atomic E-state index is 13.0. The van der Waals surface area contributed by atoms with Crippen LogP contribution in [-0.2, 0) is 33.6 Å². The lowest BCUT2D eigenvalue weighted by atomic mass is 10.1. The molecule has 2 aromatic carbocycles. The molecule has 0 heterocycles. The molecular formula is C29H27NO13. The minimum Gasteiger partial charge on any atom is -0.480 e. The number of imide groups is 1. The van der Waals surface area contributed by atoms with Gasteiger partial charge >= 0.3 is 29.8 Å². The molecular weight excluding hydrogens is 570 g/mol. The fraction of sp³-hybridized carbons (Fsp3) is 0.207. The van der Waals surface area contributed by atoms with Crippen molar-refractivity contribution in [3.05, 3.63) is 59.7 Å². The Labute approximate surface area is 244 Å². The lowest BCUT2D eigenvalue weighted by Crippen LogP contribution is -2.49. The lowest BCUT2D eigenvalue weighted by Gasteiger charge is -2.23. The third-order valence-corrected chi connectivity index (χ3v) is 5.03. The quantitative estimate of drug-likeness (QED) is 0.216. The summed E-state index contributed by atoms with van der Waals surface area (Å²) in [7, 11) is 0. The molecule has 2 N–H and O–H groups in total. The van der Waals surface area contributed by atoms with E-state index in [9.17, 15) is 43.8 Å². The molecule has 226 valence electrons. The van der Waals surface area contributed by atoms with Crippen LogP contribution in [0.25, 0.3) is 12.2 Å². The first kappa shape index (κ1) is 33.6. The molecule has 2 aromatic rings. The molecule has 0 fully saturated rings. The summed E-state index contributed by atoms with van der Waals surface area (Å²) in [6.07, 6.45) is 4.05. The second kappa shape index (κ2) is 15.4. The lowest BCUT2D eigenvalue weighted by molar-refractivity contribution is -0.156. The van der Waals surface area contributed by atoms with Gasteiger partial charge in [-0.1, -0.05) is 12.1 Å². The summed E-state index contributed by atoms with van der Waals surface area (Å²) in [5.74, 6) is -7.14. The molecule has 0 spiro atoms. The smallest absolute Gasteiger partial charge is 0.329 e. The zero-order valence-electron chi connectivity index (χ0n) is 23.4. The summed E-state index contributed by atoms with van der Waals surface area (Å²) in [6, 6.07) is 5.93. The number of aliphatic hydroxyl groups excluding tert-OH is 1. The van der Waals surface area contributed by atoms with E-state index in [0.717, 1.165) is 39.8 Å². The van der Waals surface area contributed by atoms with E-state index in [0.29, 0.717) is 4.90 Å². The summed E-state index contributed by atoms with van der Waals surface area (Å²) in [5, 5.41) is 19.1. The number of carboxylic acid groups (broad SMARTS) is 1. The van der Waals surface area contributed by atoms with Crippen molar-refractivity contribution in [3.8, 4) is 23.0 Å². The van der Waals surface area contributed by atoms with Crippen LogP contribution in [0.3, 0.4) is 0 Å². The molecule has 0 saturated carbocycles. The van der Waals surface area contributed by atoms with Crippen molar-refractivity contribution in [1.29, 1.82) is 0 Å². The highest BCUT2D eigenvalue weighted by atomic mass is 16.6. The van der Waals surface area contributed by atoms with Crippen LogP contribution in [0.1, 0.15) is 38.8 Å². The summed E-state index contributed by atoms with van der Waals surface area (Å²) >= 11 is 0. The topological polar surface area (TPSA) is 200 Å². The Bertz CT molecular complexity index is 1400. The normalized spacial score (nSPS) is 11.5. The Balaban J connectivity index is 2.40. The van der Waals surface area contributed by atoms with Gasteiger partial charge in [0.1, 0.15) is 0 Å². The second-order valence-corrected chi connectivity index (χ2v) is 8.54. The molecule has 1 unspecified atom stereocenters. The van der Waals surface area contributed by atoms with Gasteiger partial charge in [0.25, 0.3) is 11.8 Å². The molecule has 0 aromatic heterocycles. The van der Waals surface area contributed by atoms with Gasteiger partial charge in [0.05, 0.1) is 6.61 Å². The average Bonchev–Trinajstić information content (AvgIpc) is 2.90. The van der Waals surface area contributed by atoms with E-state index in [1.54, 1.807) is 0 Å². The summed E-state index contributed by atoms with van der Waals surface area (Å²) in [4.78, 5) is 83.6. The molecule has 0 radical (unpaired) electrons. The maximum atomic E-state index is 13.0.